The maximum atomic E-state index is 13.6. The molecule has 0 saturated carbocycles. The maximum Gasteiger partial charge on any atom is 0.438 e. The van der Waals surface area contributed by atoms with Crippen molar-refractivity contribution >= 4 is 11.7 Å². The lowest BCUT2D eigenvalue weighted by molar-refractivity contribution is -0.143. The van der Waals surface area contributed by atoms with Gasteiger partial charge in [-0.25, -0.2) is 9.07 Å². The summed E-state index contributed by atoms with van der Waals surface area (Å²) >= 11 is 0. The van der Waals surface area contributed by atoms with E-state index in [0.717, 1.165) is 7.05 Å². The molecule has 2 aromatic heterocycles. The van der Waals surface area contributed by atoms with E-state index in [1.165, 1.54) is 24.5 Å². The average molecular weight is 288 g/mol. The maximum absolute atomic E-state index is 13.6. The standard InChI is InChI=1S/C11H8F4N4O/c1-19-9(7(12)8(18-19)11(13,14)15)17-10(20)6-3-2-4-16-5-6/h2-5H,1H3,(H,17,20). The molecule has 0 saturated heterocycles. The van der Waals surface area contributed by atoms with Crippen molar-refractivity contribution < 1.29 is 22.4 Å². The minimum Gasteiger partial charge on any atom is -0.304 e. The molecule has 2 heterocycles. The first-order valence-corrected chi connectivity index (χ1v) is 5.31. The number of anilines is 1. The van der Waals surface area contributed by atoms with Crippen LogP contribution in [0.3, 0.4) is 0 Å². The molecular weight excluding hydrogens is 280 g/mol. The molecule has 0 bridgehead atoms. The van der Waals surface area contributed by atoms with Crippen molar-refractivity contribution in [2.24, 2.45) is 7.05 Å². The summed E-state index contributed by atoms with van der Waals surface area (Å²) in [4.78, 5) is 15.4. The molecule has 0 aromatic carbocycles. The Kier molecular flexibility index (Phi) is 3.43. The van der Waals surface area contributed by atoms with E-state index in [1.807, 2.05) is 5.32 Å². The summed E-state index contributed by atoms with van der Waals surface area (Å²) < 4.78 is 51.6. The quantitative estimate of drug-likeness (QED) is 0.862. The largest absolute Gasteiger partial charge is 0.438 e. The smallest absolute Gasteiger partial charge is 0.304 e. The van der Waals surface area contributed by atoms with Crippen LogP contribution in [0.2, 0.25) is 0 Å². The third kappa shape index (κ3) is 2.60. The fourth-order valence-electron chi connectivity index (χ4n) is 1.49. The fraction of sp³-hybridized carbons (Fsp3) is 0.182. The minimum atomic E-state index is -4.93. The second-order valence-corrected chi connectivity index (χ2v) is 3.83. The van der Waals surface area contributed by atoms with Gasteiger partial charge in [-0.15, -0.1) is 0 Å². The third-order valence-electron chi connectivity index (χ3n) is 2.41. The van der Waals surface area contributed by atoms with Crippen molar-refractivity contribution in [2.75, 3.05) is 5.32 Å². The molecule has 106 valence electrons. The Morgan fingerprint density at radius 1 is 1.40 bits per heavy atom. The lowest BCUT2D eigenvalue weighted by Gasteiger charge is -2.05. The van der Waals surface area contributed by atoms with Gasteiger partial charge in [0.25, 0.3) is 5.91 Å². The number of pyridine rings is 1. The number of carbonyl (C=O) groups excluding carboxylic acids is 1. The Morgan fingerprint density at radius 2 is 2.10 bits per heavy atom. The second-order valence-electron chi connectivity index (χ2n) is 3.83. The number of aryl methyl sites for hydroxylation is 1. The summed E-state index contributed by atoms with van der Waals surface area (Å²) in [7, 11) is 1.09. The first-order valence-electron chi connectivity index (χ1n) is 5.31. The number of carbonyl (C=O) groups is 1. The molecule has 1 N–H and O–H groups in total. The first kappa shape index (κ1) is 14.0. The van der Waals surface area contributed by atoms with Crippen molar-refractivity contribution in [2.45, 2.75) is 6.18 Å². The Bertz CT molecular complexity index is 636. The van der Waals surface area contributed by atoms with Crippen molar-refractivity contribution in [1.82, 2.24) is 14.8 Å². The van der Waals surface area contributed by atoms with Crippen molar-refractivity contribution in [1.29, 1.82) is 0 Å². The van der Waals surface area contributed by atoms with Crippen LogP contribution in [0.25, 0.3) is 0 Å². The molecule has 0 radical (unpaired) electrons. The molecule has 1 amide bonds. The first-order chi connectivity index (χ1) is 9.30. The van der Waals surface area contributed by atoms with Crippen LogP contribution in [-0.2, 0) is 13.2 Å². The van der Waals surface area contributed by atoms with E-state index in [9.17, 15) is 22.4 Å². The normalized spacial score (nSPS) is 11.4. The zero-order valence-corrected chi connectivity index (χ0v) is 10.1. The Morgan fingerprint density at radius 3 is 2.60 bits per heavy atom. The number of halogens is 4. The predicted molar refractivity (Wildman–Crippen MR) is 60.4 cm³/mol. The Labute approximate surface area is 110 Å². The predicted octanol–water partition coefficient (Wildman–Crippen LogP) is 2.23. The molecule has 9 heteroatoms. The van der Waals surface area contributed by atoms with Crippen molar-refractivity contribution in [3.63, 3.8) is 0 Å². The monoisotopic (exact) mass is 288 g/mol. The number of alkyl halides is 3. The fourth-order valence-corrected chi connectivity index (χ4v) is 1.49. The molecule has 0 spiro atoms. The Hall–Kier alpha value is -2.45. The number of nitrogens with zero attached hydrogens (tertiary/aromatic N) is 3. The molecule has 2 rings (SSSR count). The highest BCUT2D eigenvalue weighted by molar-refractivity contribution is 6.03. The third-order valence-corrected chi connectivity index (χ3v) is 2.41. The number of aromatic nitrogens is 3. The van der Waals surface area contributed by atoms with Crippen molar-refractivity contribution in [3.05, 3.63) is 41.6 Å². The Balaban J connectivity index is 2.31. The van der Waals surface area contributed by atoms with E-state index < -0.39 is 29.4 Å². The molecule has 0 fully saturated rings. The minimum absolute atomic E-state index is 0.0849. The van der Waals surface area contributed by atoms with Gasteiger partial charge < -0.3 is 5.32 Å². The SMILES string of the molecule is Cn1nc(C(F)(F)F)c(F)c1NC(=O)c1cccnc1. The van der Waals surface area contributed by atoms with Crippen molar-refractivity contribution in [3.8, 4) is 0 Å². The molecule has 0 aliphatic rings. The zero-order valence-electron chi connectivity index (χ0n) is 10.1. The van der Waals surface area contributed by atoms with Crippen LogP contribution >= 0.6 is 0 Å². The van der Waals surface area contributed by atoms with Gasteiger partial charge in [-0.05, 0) is 12.1 Å². The van der Waals surface area contributed by atoms with Gasteiger partial charge in [-0.3, -0.25) is 9.78 Å². The highest BCUT2D eigenvalue weighted by Gasteiger charge is 2.40. The highest BCUT2D eigenvalue weighted by atomic mass is 19.4. The lowest BCUT2D eigenvalue weighted by atomic mass is 10.2. The van der Waals surface area contributed by atoms with E-state index in [2.05, 4.69) is 10.1 Å². The van der Waals surface area contributed by atoms with E-state index in [1.54, 1.807) is 0 Å². The summed E-state index contributed by atoms with van der Waals surface area (Å²) in [6.07, 6.45) is -2.31. The van der Waals surface area contributed by atoms with Crippen LogP contribution in [0, 0.1) is 5.82 Å². The molecule has 0 aliphatic heterocycles. The molecular formula is C11H8F4N4O. The van der Waals surface area contributed by atoms with Gasteiger partial charge in [-0.1, -0.05) is 0 Å². The number of nitrogens with one attached hydrogen (secondary N) is 1. The van der Waals surface area contributed by atoms with Gasteiger partial charge in [-0.2, -0.15) is 18.3 Å². The van der Waals surface area contributed by atoms with Crippen LogP contribution < -0.4 is 5.32 Å². The highest BCUT2D eigenvalue weighted by Crippen LogP contribution is 2.33. The average Bonchev–Trinajstić information content (AvgIpc) is 2.67. The number of amides is 1. The number of hydrogen-bond donors (Lipinski definition) is 1. The van der Waals surface area contributed by atoms with E-state index >= 15 is 0 Å². The zero-order chi connectivity index (χ0) is 14.9. The summed E-state index contributed by atoms with van der Waals surface area (Å²) in [5.74, 6) is -3.07. The van der Waals surface area contributed by atoms with Crippen LogP contribution in [0.1, 0.15) is 16.1 Å². The molecule has 2 aromatic rings. The second kappa shape index (κ2) is 4.91. The molecule has 0 unspecified atom stereocenters. The summed E-state index contributed by atoms with van der Waals surface area (Å²) in [6.45, 7) is 0. The summed E-state index contributed by atoms with van der Waals surface area (Å²) in [5, 5.41) is 5.05. The van der Waals surface area contributed by atoms with Crippen LogP contribution in [0.4, 0.5) is 23.4 Å². The van der Waals surface area contributed by atoms with Gasteiger partial charge in [0.2, 0.25) is 5.69 Å². The topological polar surface area (TPSA) is 59.8 Å². The van der Waals surface area contributed by atoms with Gasteiger partial charge in [0.1, 0.15) is 0 Å². The van der Waals surface area contributed by atoms with E-state index in [4.69, 9.17) is 0 Å². The van der Waals surface area contributed by atoms with E-state index in [-0.39, 0.29) is 5.56 Å². The molecule has 5 nitrogen and oxygen atoms in total. The van der Waals surface area contributed by atoms with Crippen LogP contribution in [-0.4, -0.2) is 20.7 Å². The molecule has 20 heavy (non-hydrogen) atoms. The van der Waals surface area contributed by atoms with Gasteiger partial charge >= 0.3 is 6.18 Å². The van der Waals surface area contributed by atoms with E-state index in [0.29, 0.717) is 4.68 Å². The summed E-state index contributed by atoms with van der Waals surface area (Å²) in [5.41, 5.74) is -1.59. The summed E-state index contributed by atoms with van der Waals surface area (Å²) in [6, 6.07) is 2.86. The van der Waals surface area contributed by atoms with Crippen LogP contribution in [0.5, 0.6) is 0 Å². The number of rotatable bonds is 2. The van der Waals surface area contributed by atoms with Gasteiger partial charge in [0, 0.05) is 19.4 Å². The molecule has 0 aliphatic carbocycles. The van der Waals surface area contributed by atoms with Gasteiger partial charge in [0.15, 0.2) is 11.6 Å². The lowest BCUT2D eigenvalue weighted by Crippen LogP contribution is -2.15. The van der Waals surface area contributed by atoms with Gasteiger partial charge in [0.05, 0.1) is 5.56 Å². The van der Waals surface area contributed by atoms with Crippen LogP contribution in [0.15, 0.2) is 24.5 Å². The molecule has 0 atom stereocenters. The number of hydrogen-bond acceptors (Lipinski definition) is 3.